The molecular formula is C21H24N4O3. The van der Waals surface area contributed by atoms with Crippen molar-refractivity contribution in [2.75, 3.05) is 31.1 Å². The molecule has 1 aromatic heterocycles. The molecule has 2 saturated heterocycles. The summed E-state index contributed by atoms with van der Waals surface area (Å²) in [6, 6.07) is 11.3. The highest BCUT2D eigenvalue weighted by Gasteiger charge is 2.48. The van der Waals surface area contributed by atoms with Crippen molar-refractivity contribution in [1.29, 1.82) is 0 Å². The fourth-order valence-corrected chi connectivity index (χ4v) is 3.96. The van der Waals surface area contributed by atoms with Gasteiger partial charge in [0.2, 0.25) is 0 Å². The van der Waals surface area contributed by atoms with E-state index < -0.39 is 5.60 Å². The van der Waals surface area contributed by atoms with Gasteiger partial charge < -0.3 is 14.5 Å². The Bertz CT molecular complexity index is 873. The Kier molecular flexibility index (Phi) is 5.09. The van der Waals surface area contributed by atoms with Gasteiger partial charge in [-0.05, 0) is 44.4 Å². The predicted molar refractivity (Wildman–Crippen MR) is 104 cm³/mol. The van der Waals surface area contributed by atoms with E-state index in [0.29, 0.717) is 37.6 Å². The third-order valence-electron chi connectivity index (χ3n) is 5.38. The lowest BCUT2D eigenvalue weighted by Crippen LogP contribution is -2.61. The first kappa shape index (κ1) is 18.6. The molecule has 7 heteroatoms. The molecule has 2 fully saturated rings. The first-order valence-corrected chi connectivity index (χ1v) is 9.69. The Morgan fingerprint density at radius 3 is 2.75 bits per heavy atom. The zero-order valence-electron chi connectivity index (χ0n) is 16.0. The van der Waals surface area contributed by atoms with Crippen LogP contribution < -0.4 is 4.90 Å². The highest BCUT2D eigenvalue weighted by Crippen LogP contribution is 2.32. The largest absolute Gasteiger partial charge is 0.361 e. The number of hydrogen-bond acceptors (Lipinski definition) is 5. The molecule has 0 radical (unpaired) electrons. The summed E-state index contributed by atoms with van der Waals surface area (Å²) in [5, 5.41) is 0. The van der Waals surface area contributed by atoms with Crippen LogP contribution in [0.25, 0.3) is 0 Å². The fraction of sp³-hybridized carbons (Fsp3) is 0.429. The van der Waals surface area contributed by atoms with Gasteiger partial charge in [-0.3, -0.25) is 9.59 Å². The third kappa shape index (κ3) is 3.49. The SMILES string of the molecule is Cc1nccc(C(=O)N2CCOC3(CCCCN(c4ccccc4)C3=O)C2)n1. The Morgan fingerprint density at radius 1 is 1.14 bits per heavy atom. The Balaban J connectivity index is 1.60. The summed E-state index contributed by atoms with van der Waals surface area (Å²) in [4.78, 5) is 38.3. The summed E-state index contributed by atoms with van der Waals surface area (Å²) in [5.74, 6) is 0.304. The van der Waals surface area contributed by atoms with Crippen molar-refractivity contribution in [2.45, 2.75) is 31.8 Å². The number of aromatic nitrogens is 2. The number of para-hydroxylation sites is 1. The van der Waals surface area contributed by atoms with E-state index in [0.717, 1.165) is 18.5 Å². The van der Waals surface area contributed by atoms with E-state index in [4.69, 9.17) is 4.74 Å². The van der Waals surface area contributed by atoms with Crippen LogP contribution in [0.2, 0.25) is 0 Å². The second-order valence-electron chi connectivity index (χ2n) is 7.31. The lowest BCUT2D eigenvalue weighted by atomic mass is 9.93. The van der Waals surface area contributed by atoms with E-state index in [1.165, 1.54) is 0 Å². The van der Waals surface area contributed by atoms with E-state index >= 15 is 0 Å². The van der Waals surface area contributed by atoms with Crippen molar-refractivity contribution in [1.82, 2.24) is 14.9 Å². The zero-order valence-corrected chi connectivity index (χ0v) is 16.0. The number of ether oxygens (including phenoxy) is 1. The average molecular weight is 380 g/mol. The second-order valence-corrected chi connectivity index (χ2v) is 7.31. The van der Waals surface area contributed by atoms with E-state index in [1.807, 2.05) is 30.3 Å². The van der Waals surface area contributed by atoms with Crippen LogP contribution in [0.1, 0.15) is 35.6 Å². The number of morpholine rings is 1. The van der Waals surface area contributed by atoms with Crippen molar-refractivity contribution >= 4 is 17.5 Å². The molecule has 0 bridgehead atoms. The summed E-state index contributed by atoms with van der Waals surface area (Å²) < 4.78 is 6.07. The maximum atomic E-state index is 13.5. The lowest BCUT2D eigenvalue weighted by molar-refractivity contribution is -0.155. The smallest absolute Gasteiger partial charge is 0.272 e. The second kappa shape index (κ2) is 7.67. The molecule has 1 unspecified atom stereocenters. The van der Waals surface area contributed by atoms with Gasteiger partial charge in [0, 0.05) is 25.0 Å². The molecule has 1 atom stereocenters. The van der Waals surface area contributed by atoms with Crippen LogP contribution in [0.4, 0.5) is 5.69 Å². The molecule has 3 heterocycles. The summed E-state index contributed by atoms with van der Waals surface area (Å²) >= 11 is 0. The topological polar surface area (TPSA) is 75.6 Å². The molecule has 2 aliphatic heterocycles. The van der Waals surface area contributed by atoms with E-state index in [-0.39, 0.29) is 18.4 Å². The Labute approximate surface area is 164 Å². The number of benzene rings is 1. The molecule has 0 N–H and O–H groups in total. The van der Waals surface area contributed by atoms with Crippen LogP contribution in [-0.2, 0) is 9.53 Å². The van der Waals surface area contributed by atoms with Crippen molar-refractivity contribution in [3.63, 3.8) is 0 Å². The van der Waals surface area contributed by atoms with E-state index in [1.54, 1.807) is 29.0 Å². The average Bonchev–Trinajstić information content (AvgIpc) is 2.88. The summed E-state index contributed by atoms with van der Waals surface area (Å²) in [6.07, 6.45) is 3.98. The third-order valence-corrected chi connectivity index (χ3v) is 5.38. The van der Waals surface area contributed by atoms with Gasteiger partial charge in [0.15, 0.2) is 5.60 Å². The van der Waals surface area contributed by atoms with Gasteiger partial charge in [-0.1, -0.05) is 18.2 Å². The molecule has 1 spiro atoms. The number of hydrogen-bond donors (Lipinski definition) is 0. The number of aryl methyl sites for hydroxylation is 1. The number of anilines is 1. The Morgan fingerprint density at radius 2 is 1.96 bits per heavy atom. The number of rotatable bonds is 2. The molecule has 0 saturated carbocycles. The normalized spacial score (nSPS) is 23.0. The van der Waals surface area contributed by atoms with Gasteiger partial charge in [0.25, 0.3) is 11.8 Å². The van der Waals surface area contributed by atoms with Crippen LogP contribution in [0.3, 0.4) is 0 Å². The summed E-state index contributed by atoms with van der Waals surface area (Å²) in [7, 11) is 0. The minimum absolute atomic E-state index is 0.0624. The quantitative estimate of drug-likeness (QED) is 0.799. The van der Waals surface area contributed by atoms with E-state index in [9.17, 15) is 9.59 Å². The monoisotopic (exact) mass is 380 g/mol. The fourth-order valence-electron chi connectivity index (χ4n) is 3.96. The van der Waals surface area contributed by atoms with E-state index in [2.05, 4.69) is 9.97 Å². The number of amides is 2. The molecule has 1 aromatic carbocycles. The van der Waals surface area contributed by atoms with Gasteiger partial charge in [-0.2, -0.15) is 0 Å². The van der Waals surface area contributed by atoms with Crippen LogP contribution in [-0.4, -0.2) is 58.5 Å². The molecule has 4 rings (SSSR count). The van der Waals surface area contributed by atoms with Crippen LogP contribution in [0, 0.1) is 6.92 Å². The van der Waals surface area contributed by atoms with Gasteiger partial charge in [0.1, 0.15) is 11.5 Å². The molecule has 7 nitrogen and oxygen atoms in total. The maximum Gasteiger partial charge on any atom is 0.272 e. The summed E-state index contributed by atoms with van der Waals surface area (Å²) in [5.41, 5.74) is 0.222. The van der Waals surface area contributed by atoms with Crippen molar-refractivity contribution in [3.05, 3.63) is 54.1 Å². The highest BCUT2D eigenvalue weighted by molar-refractivity contribution is 6.01. The van der Waals surface area contributed by atoms with Crippen molar-refractivity contribution < 1.29 is 14.3 Å². The predicted octanol–water partition coefficient (Wildman–Crippen LogP) is 2.21. The number of nitrogens with zero attached hydrogens (tertiary/aromatic N) is 4. The standard InChI is InChI=1S/C21H24N4O3/c1-16-22-11-9-18(23-16)19(26)24-13-14-28-21(15-24)10-5-6-12-25(20(21)27)17-7-3-2-4-8-17/h2-4,7-9,11H,5-6,10,12-15H2,1H3. The van der Waals surface area contributed by atoms with Gasteiger partial charge >= 0.3 is 0 Å². The molecule has 28 heavy (non-hydrogen) atoms. The minimum atomic E-state index is -0.998. The van der Waals surface area contributed by atoms with Gasteiger partial charge in [-0.25, -0.2) is 9.97 Å². The maximum absolute atomic E-state index is 13.5. The molecule has 2 amide bonds. The van der Waals surface area contributed by atoms with Crippen LogP contribution in [0.15, 0.2) is 42.6 Å². The van der Waals surface area contributed by atoms with Crippen molar-refractivity contribution in [3.8, 4) is 0 Å². The van der Waals surface area contributed by atoms with Crippen molar-refractivity contribution in [2.24, 2.45) is 0 Å². The first-order chi connectivity index (χ1) is 13.6. The van der Waals surface area contributed by atoms with Gasteiger partial charge in [0.05, 0.1) is 13.2 Å². The van der Waals surface area contributed by atoms with Gasteiger partial charge in [-0.15, -0.1) is 0 Å². The Hall–Kier alpha value is -2.80. The number of carbonyl (C=O) groups excluding carboxylic acids is 2. The van der Waals surface area contributed by atoms with Crippen LogP contribution >= 0.6 is 0 Å². The summed E-state index contributed by atoms with van der Waals surface area (Å²) in [6.45, 7) is 3.45. The molecule has 2 aliphatic rings. The molecule has 146 valence electrons. The zero-order chi connectivity index (χ0) is 19.6. The van der Waals surface area contributed by atoms with Crippen LogP contribution in [0.5, 0.6) is 0 Å². The molecule has 0 aliphatic carbocycles. The molecular weight excluding hydrogens is 356 g/mol. The lowest BCUT2D eigenvalue weighted by Gasteiger charge is -2.42. The first-order valence-electron chi connectivity index (χ1n) is 9.69. The number of carbonyl (C=O) groups is 2. The minimum Gasteiger partial charge on any atom is -0.361 e. The highest BCUT2D eigenvalue weighted by atomic mass is 16.5. The molecule has 2 aromatic rings.